The first kappa shape index (κ1) is 18.9. The normalized spacial score (nSPS) is 25.3. The van der Waals surface area contributed by atoms with Crippen LogP contribution in [0, 0.1) is 11.8 Å². The molecule has 4 atom stereocenters. The predicted molar refractivity (Wildman–Crippen MR) is 109 cm³/mol. The molecule has 1 aromatic carbocycles. The smallest absolute Gasteiger partial charge is 0.225 e. The van der Waals surface area contributed by atoms with E-state index in [-0.39, 0.29) is 17.6 Å². The molecular formula is C22H25N5O3. The molecule has 30 heavy (non-hydrogen) atoms. The second kappa shape index (κ2) is 7.95. The van der Waals surface area contributed by atoms with Crippen molar-refractivity contribution in [2.75, 3.05) is 13.1 Å². The zero-order valence-electron chi connectivity index (χ0n) is 16.6. The van der Waals surface area contributed by atoms with E-state index in [0.717, 1.165) is 49.5 Å². The number of carbonyl (C=O) groups excluding carboxylic acids is 1. The molecule has 0 aliphatic carbocycles. The highest BCUT2D eigenvalue weighted by Crippen LogP contribution is 2.37. The molecule has 0 spiro atoms. The van der Waals surface area contributed by atoms with E-state index in [1.165, 1.54) is 0 Å². The van der Waals surface area contributed by atoms with Crippen molar-refractivity contribution in [3.8, 4) is 17.0 Å². The first-order chi connectivity index (χ1) is 14.7. The summed E-state index contributed by atoms with van der Waals surface area (Å²) in [4.78, 5) is 15.1. The Morgan fingerprint density at radius 2 is 2.23 bits per heavy atom. The van der Waals surface area contributed by atoms with Gasteiger partial charge in [-0.15, -0.1) is 5.10 Å². The minimum Gasteiger partial charge on any atom is -0.508 e. The Kier molecular flexibility index (Phi) is 5.00. The molecule has 3 aliphatic heterocycles. The lowest BCUT2D eigenvalue weighted by Crippen LogP contribution is -2.57. The van der Waals surface area contributed by atoms with E-state index in [9.17, 15) is 9.90 Å². The summed E-state index contributed by atoms with van der Waals surface area (Å²) in [5, 5.41) is 21.2. The molecule has 2 bridgehead atoms. The number of amides is 1. The summed E-state index contributed by atoms with van der Waals surface area (Å²) in [6.07, 6.45) is 5.59. The second-order valence-corrected chi connectivity index (χ2v) is 8.21. The molecule has 0 radical (unpaired) electrons. The van der Waals surface area contributed by atoms with Gasteiger partial charge >= 0.3 is 0 Å². The molecule has 5 heterocycles. The topological polar surface area (TPSA) is 96.4 Å². The highest BCUT2D eigenvalue weighted by atomic mass is 16.3. The number of nitrogens with one attached hydrogen (secondary N) is 1. The minimum absolute atomic E-state index is 0.0311. The van der Waals surface area contributed by atoms with E-state index in [0.29, 0.717) is 18.5 Å². The molecule has 1 amide bonds. The van der Waals surface area contributed by atoms with E-state index >= 15 is 0 Å². The number of rotatable bonds is 6. The Morgan fingerprint density at radius 1 is 1.30 bits per heavy atom. The van der Waals surface area contributed by atoms with Gasteiger partial charge < -0.3 is 14.8 Å². The van der Waals surface area contributed by atoms with E-state index in [4.69, 9.17) is 4.42 Å². The summed E-state index contributed by atoms with van der Waals surface area (Å²) < 4.78 is 7.17. The number of aromatic nitrogens is 3. The quantitative estimate of drug-likeness (QED) is 0.651. The Balaban J connectivity index is 1.20. The lowest BCUT2D eigenvalue weighted by molar-refractivity contribution is -0.133. The van der Waals surface area contributed by atoms with Crippen molar-refractivity contribution in [1.29, 1.82) is 0 Å². The van der Waals surface area contributed by atoms with Crippen LogP contribution < -0.4 is 5.32 Å². The van der Waals surface area contributed by atoms with Crippen LogP contribution in [0.4, 0.5) is 0 Å². The summed E-state index contributed by atoms with van der Waals surface area (Å²) in [6.45, 7) is 3.00. The van der Waals surface area contributed by atoms with E-state index in [1.54, 1.807) is 24.5 Å². The van der Waals surface area contributed by atoms with Crippen LogP contribution in [-0.2, 0) is 17.9 Å². The van der Waals surface area contributed by atoms with E-state index < -0.39 is 0 Å². The fraction of sp³-hybridized carbons (Fsp3) is 0.409. The van der Waals surface area contributed by atoms with Crippen molar-refractivity contribution in [1.82, 2.24) is 25.2 Å². The van der Waals surface area contributed by atoms with Gasteiger partial charge in [0, 0.05) is 18.2 Å². The first-order valence-corrected chi connectivity index (χ1v) is 10.4. The number of aromatic hydroxyl groups is 1. The van der Waals surface area contributed by atoms with Gasteiger partial charge in [0.1, 0.15) is 17.2 Å². The van der Waals surface area contributed by atoms with Crippen LogP contribution in [0.25, 0.3) is 11.3 Å². The van der Waals surface area contributed by atoms with Crippen LogP contribution in [0.5, 0.6) is 5.75 Å². The molecule has 4 unspecified atom stereocenters. The third-order valence-electron chi connectivity index (χ3n) is 6.31. The first-order valence-electron chi connectivity index (χ1n) is 10.4. The van der Waals surface area contributed by atoms with Gasteiger partial charge in [0.25, 0.3) is 0 Å². The number of hydrogen-bond acceptors (Lipinski definition) is 6. The van der Waals surface area contributed by atoms with Crippen molar-refractivity contribution in [3.05, 3.63) is 54.6 Å². The molecule has 3 aromatic rings. The van der Waals surface area contributed by atoms with Gasteiger partial charge in [0.15, 0.2) is 0 Å². The number of carbonyl (C=O) groups is 1. The van der Waals surface area contributed by atoms with Crippen LogP contribution in [0.15, 0.2) is 53.3 Å². The molecule has 3 fully saturated rings. The van der Waals surface area contributed by atoms with Crippen molar-refractivity contribution < 1.29 is 14.3 Å². The maximum atomic E-state index is 12.7. The molecule has 6 rings (SSSR count). The van der Waals surface area contributed by atoms with E-state index in [1.807, 2.05) is 29.1 Å². The molecule has 0 saturated carbocycles. The molecule has 3 aliphatic rings. The number of fused-ring (bicyclic) bond motifs is 3. The zero-order chi connectivity index (χ0) is 20.5. The van der Waals surface area contributed by atoms with Gasteiger partial charge in [-0.25, -0.2) is 0 Å². The molecular weight excluding hydrogens is 382 g/mol. The largest absolute Gasteiger partial charge is 0.508 e. The minimum atomic E-state index is 0.0311. The van der Waals surface area contributed by atoms with Crippen LogP contribution in [-0.4, -0.2) is 50.0 Å². The number of nitrogens with zero attached hydrogens (tertiary/aromatic N) is 4. The highest BCUT2D eigenvalue weighted by Gasteiger charge is 2.43. The third kappa shape index (κ3) is 3.82. The standard InChI is InChI=1S/C22H25N5O3/c28-18-4-1-3-16(10-18)21-14-27(25-24-21)12-17-9-15-6-7-26(17)13-20(15)22(29)23-11-19-5-2-8-30-19/h1-5,8,10,14-15,17,20,28H,6-7,9,11-13H2,(H,23,29). The van der Waals surface area contributed by atoms with Crippen molar-refractivity contribution in [2.24, 2.45) is 11.8 Å². The van der Waals surface area contributed by atoms with Gasteiger partial charge in [0.2, 0.25) is 5.91 Å². The highest BCUT2D eigenvalue weighted by molar-refractivity contribution is 5.79. The molecule has 156 valence electrons. The SMILES string of the molecule is O=C(NCc1ccco1)C1CN2CCC1CC2Cn1cc(-c2cccc(O)c2)nn1. The summed E-state index contributed by atoms with van der Waals surface area (Å²) >= 11 is 0. The number of piperidine rings is 3. The summed E-state index contributed by atoms with van der Waals surface area (Å²) in [7, 11) is 0. The summed E-state index contributed by atoms with van der Waals surface area (Å²) in [5.74, 6) is 1.53. The molecule has 8 nitrogen and oxygen atoms in total. The lowest BCUT2D eigenvalue weighted by atomic mass is 9.75. The molecule has 8 heteroatoms. The van der Waals surface area contributed by atoms with Gasteiger partial charge in [0.05, 0.1) is 31.5 Å². The maximum absolute atomic E-state index is 12.7. The average Bonchev–Trinajstić information content (AvgIpc) is 3.45. The fourth-order valence-corrected chi connectivity index (χ4v) is 4.74. The van der Waals surface area contributed by atoms with Crippen LogP contribution in [0.1, 0.15) is 18.6 Å². The number of furan rings is 1. The van der Waals surface area contributed by atoms with Crippen molar-refractivity contribution in [2.45, 2.75) is 32.0 Å². The van der Waals surface area contributed by atoms with Crippen molar-refractivity contribution in [3.63, 3.8) is 0 Å². The Morgan fingerprint density at radius 3 is 3.00 bits per heavy atom. The number of phenols is 1. The van der Waals surface area contributed by atoms with Crippen LogP contribution in [0.2, 0.25) is 0 Å². The Labute approximate surface area is 174 Å². The van der Waals surface area contributed by atoms with E-state index in [2.05, 4.69) is 20.5 Å². The predicted octanol–water partition coefficient (Wildman–Crippen LogP) is 2.27. The lowest BCUT2D eigenvalue weighted by Gasteiger charge is -2.49. The third-order valence-corrected chi connectivity index (χ3v) is 6.31. The monoisotopic (exact) mass is 407 g/mol. The summed E-state index contributed by atoms with van der Waals surface area (Å²) in [6, 6.07) is 11.1. The number of phenolic OH excluding ortho intramolecular Hbond substituents is 1. The number of hydrogen-bond donors (Lipinski definition) is 2. The van der Waals surface area contributed by atoms with Crippen LogP contribution in [0.3, 0.4) is 0 Å². The average molecular weight is 407 g/mol. The van der Waals surface area contributed by atoms with Gasteiger partial charge in [-0.3, -0.25) is 14.4 Å². The fourth-order valence-electron chi connectivity index (χ4n) is 4.74. The van der Waals surface area contributed by atoms with Gasteiger partial charge in [-0.05, 0) is 49.6 Å². The molecule has 2 N–H and O–H groups in total. The zero-order valence-corrected chi connectivity index (χ0v) is 16.6. The van der Waals surface area contributed by atoms with Crippen molar-refractivity contribution >= 4 is 5.91 Å². The van der Waals surface area contributed by atoms with Crippen LogP contribution >= 0.6 is 0 Å². The van der Waals surface area contributed by atoms with Gasteiger partial charge in [-0.2, -0.15) is 0 Å². The second-order valence-electron chi connectivity index (χ2n) is 8.21. The Hall–Kier alpha value is -3.13. The Bertz CT molecular complexity index is 1020. The summed E-state index contributed by atoms with van der Waals surface area (Å²) in [5.41, 5.74) is 1.59. The molecule has 2 aromatic heterocycles. The van der Waals surface area contributed by atoms with Gasteiger partial charge in [-0.1, -0.05) is 17.3 Å². The number of benzene rings is 1. The molecule has 3 saturated heterocycles. The maximum Gasteiger partial charge on any atom is 0.225 e.